The van der Waals surface area contributed by atoms with Crippen LogP contribution in [-0.2, 0) is 0 Å². The summed E-state index contributed by atoms with van der Waals surface area (Å²) in [5.41, 5.74) is 4.55. The van der Waals surface area contributed by atoms with E-state index in [-0.39, 0.29) is 0 Å². The first-order valence-corrected chi connectivity index (χ1v) is 8.38. The Labute approximate surface area is 92.1 Å². The van der Waals surface area contributed by atoms with Gasteiger partial charge in [0.1, 0.15) is 8.07 Å². The van der Waals surface area contributed by atoms with Crippen LogP contribution in [0.25, 0.3) is 0 Å². The van der Waals surface area contributed by atoms with Gasteiger partial charge in [-0.1, -0.05) is 37.7 Å². The molecule has 1 aromatic carbocycles. The van der Waals surface area contributed by atoms with E-state index in [9.17, 15) is 0 Å². The molecule has 0 spiro atoms. The zero-order chi connectivity index (χ0) is 11.5. The standard InChI is InChI=1S/C11H15BO2Si/c1-15(2,3)8-7-10-5-4-6-11(9-10)12(13)14/h4-6,9,13-14H,1-3H3. The summed E-state index contributed by atoms with van der Waals surface area (Å²) in [6.07, 6.45) is 0. The molecule has 0 saturated carbocycles. The Morgan fingerprint density at radius 3 is 2.40 bits per heavy atom. The summed E-state index contributed by atoms with van der Waals surface area (Å²) in [6, 6.07) is 7.03. The topological polar surface area (TPSA) is 40.5 Å². The van der Waals surface area contributed by atoms with Crippen molar-refractivity contribution in [2.75, 3.05) is 0 Å². The Morgan fingerprint density at radius 2 is 1.87 bits per heavy atom. The zero-order valence-corrected chi connectivity index (χ0v) is 10.3. The second kappa shape index (κ2) is 4.67. The molecule has 2 N–H and O–H groups in total. The van der Waals surface area contributed by atoms with Crippen LogP contribution in [-0.4, -0.2) is 25.2 Å². The Balaban J connectivity index is 2.95. The fourth-order valence-corrected chi connectivity index (χ4v) is 1.56. The van der Waals surface area contributed by atoms with E-state index < -0.39 is 15.2 Å². The van der Waals surface area contributed by atoms with Crippen LogP contribution >= 0.6 is 0 Å². The normalized spacial score (nSPS) is 10.5. The highest BCUT2D eigenvalue weighted by Gasteiger charge is 2.10. The molecule has 0 unspecified atom stereocenters. The van der Waals surface area contributed by atoms with E-state index in [0.29, 0.717) is 5.46 Å². The second-order valence-electron chi connectivity index (χ2n) is 4.50. The molecule has 4 heteroatoms. The molecule has 78 valence electrons. The molecular weight excluding hydrogens is 203 g/mol. The van der Waals surface area contributed by atoms with Gasteiger partial charge in [-0.2, -0.15) is 0 Å². The Kier molecular flexibility index (Phi) is 3.75. The van der Waals surface area contributed by atoms with Crippen molar-refractivity contribution >= 4 is 20.7 Å². The molecule has 1 aromatic rings. The van der Waals surface area contributed by atoms with Gasteiger partial charge in [0.2, 0.25) is 0 Å². The summed E-state index contributed by atoms with van der Waals surface area (Å²) in [5, 5.41) is 18.0. The Hall–Kier alpha value is -1.02. The smallest absolute Gasteiger partial charge is 0.423 e. The first-order valence-electron chi connectivity index (χ1n) is 4.88. The minimum Gasteiger partial charge on any atom is -0.423 e. The molecule has 0 saturated heterocycles. The van der Waals surface area contributed by atoms with Gasteiger partial charge in [-0.15, -0.1) is 5.54 Å². The lowest BCUT2D eigenvalue weighted by Gasteiger charge is -2.04. The number of hydrogen-bond donors (Lipinski definition) is 2. The molecule has 0 aromatic heterocycles. The van der Waals surface area contributed by atoms with Gasteiger partial charge in [-0.25, -0.2) is 0 Å². The molecule has 0 aliphatic rings. The average molecular weight is 218 g/mol. The van der Waals surface area contributed by atoms with Gasteiger partial charge in [-0.05, 0) is 17.6 Å². The molecule has 0 aliphatic heterocycles. The van der Waals surface area contributed by atoms with Crippen LogP contribution < -0.4 is 5.46 Å². The maximum absolute atomic E-state index is 8.99. The zero-order valence-electron chi connectivity index (χ0n) is 9.28. The molecule has 0 heterocycles. The minimum absolute atomic E-state index is 0.484. The van der Waals surface area contributed by atoms with Crippen molar-refractivity contribution < 1.29 is 10.0 Å². The predicted octanol–water partition coefficient (Wildman–Crippen LogP) is 0.595. The van der Waals surface area contributed by atoms with Gasteiger partial charge < -0.3 is 10.0 Å². The fourth-order valence-electron chi connectivity index (χ4n) is 1.04. The van der Waals surface area contributed by atoms with Gasteiger partial charge in [0.25, 0.3) is 0 Å². The number of benzene rings is 1. The Bertz CT molecular complexity index is 399. The fraction of sp³-hybridized carbons (Fsp3) is 0.273. The van der Waals surface area contributed by atoms with Gasteiger partial charge in [0.05, 0.1) is 0 Å². The molecular formula is C11H15BO2Si. The van der Waals surface area contributed by atoms with Crippen LogP contribution in [0, 0.1) is 11.5 Å². The van der Waals surface area contributed by atoms with Crippen LogP contribution in [0.4, 0.5) is 0 Å². The molecule has 0 atom stereocenters. The van der Waals surface area contributed by atoms with E-state index in [1.807, 2.05) is 6.07 Å². The summed E-state index contributed by atoms with van der Waals surface area (Å²) in [4.78, 5) is 0. The molecule has 1 rings (SSSR count). The van der Waals surface area contributed by atoms with E-state index in [0.717, 1.165) is 5.56 Å². The Morgan fingerprint density at radius 1 is 1.20 bits per heavy atom. The van der Waals surface area contributed by atoms with Crippen LogP contribution in [0.3, 0.4) is 0 Å². The lowest BCUT2D eigenvalue weighted by Crippen LogP contribution is -2.29. The summed E-state index contributed by atoms with van der Waals surface area (Å²) in [7, 11) is -2.79. The maximum atomic E-state index is 8.99. The lowest BCUT2D eigenvalue weighted by atomic mass is 9.80. The maximum Gasteiger partial charge on any atom is 0.488 e. The van der Waals surface area contributed by atoms with Crippen molar-refractivity contribution in [3.05, 3.63) is 29.8 Å². The van der Waals surface area contributed by atoms with Crippen molar-refractivity contribution in [2.45, 2.75) is 19.6 Å². The van der Waals surface area contributed by atoms with Crippen molar-refractivity contribution in [1.82, 2.24) is 0 Å². The molecule has 2 nitrogen and oxygen atoms in total. The minimum atomic E-state index is -1.42. The number of hydrogen-bond acceptors (Lipinski definition) is 2. The van der Waals surface area contributed by atoms with Crippen molar-refractivity contribution in [2.24, 2.45) is 0 Å². The summed E-state index contributed by atoms with van der Waals surface area (Å²) < 4.78 is 0. The highest BCUT2D eigenvalue weighted by Crippen LogP contribution is 1.99. The van der Waals surface area contributed by atoms with Crippen LogP contribution in [0.15, 0.2) is 24.3 Å². The van der Waals surface area contributed by atoms with E-state index in [2.05, 4.69) is 31.1 Å². The number of rotatable bonds is 1. The molecule has 0 radical (unpaired) electrons. The highest BCUT2D eigenvalue weighted by atomic mass is 28.3. The van der Waals surface area contributed by atoms with Crippen molar-refractivity contribution in [1.29, 1.82) is 0 Å². The van der Waals surface area contributed by atoms with Crippen molar-refractivity contribution in [3.8, 4) is 11.5 Å². The quantitative estimate of drug-likeness (QED) is 0.535. The van der Waals surface area contributed by atoms with E-state index in [4.69, 9.17) is 10.0 Å². The second-order valence-corrected chi connectivity index (χ2v) is 9.25. The largest absolute Gasteiger partial charge is 0.488 e. The van der Waals surface area contributed by atoms with Crippen LogP contribution in [0.1, 0.15) is 5.56 Å². The predicted molar refractivity (Wildman–Crippen MR) is 66.5 cm³/mol. The summed E-state index contributed by atoms with van der Waals surface area (Å²) in [5.74, 6) is 3.07. The average Bonchev–Trinajstić information content (AvgIpc) is 2.14. The van der Waals surface area contributed by atoms with E-state index in [1.54, 1.807) is 18.2 Å². The third-order valence-electron chi connectivity index (χ3n) is 1.77. The van der Waals surface area contributed by atoms with Gasteiger partial charge >= 0.3 is 7.12 Å². The summed E-state index contributed by atoms with van der Waals surface area (Å²) >= 11 is 0. The van der Waals surface area contributed by atoms with Gasteiger partial charge in [0.15, 0.2) is 0 Å². The molecule has 0 amide bonds. The summed E-state index contributed by atoms with van der Waals surface area (Å²) in [6.45, 7) is 6.51. The van der Waals surface area contributed by atoms with Crippen LogP contribution in [0.5, 0.6) is 0 Å². The SMILES string of the molecule is C[Si](C)(C)C#Cc1cccc(B(O)O)c1. The monoisotopic (exact) mass is 218 g/mol. The van der Waals surface area contributed by atoms with Crippen molar-refractivity contribution in [3.63, 3.8) is 0 Å². The lowest BCUT2D eigenvalue weighted by molar-refractivity contribution is 0.426. The first kappa shape index (κ1) is 12.1. The van der Waals surface area contributed by atoms with Gasteiger partial charge in [0, 0.05) is 5.56 Å². The molecule has 15 heavy (non-hydrogen) atoms. The highest BCUT2D eigenvalue weighted by molar-refractivity contribution is 6.83. The van der Waals surface area contributed by atoms with Gasteiger partial charge in [-0.3, -0.25) is 0 Å². The first-order chi connectivity index (χ1) is 6.88. The van der Waals surface area contributed by atoms with Crippen LogP contribution in [0.2, 0.25) is 19.6 Å². The molecule has 0 bridgehead atoms. The third-order valence-corrected chi connectivity index (χ3v) is 2.64. The molecule has 0 aliphatic carbocycles. The molecule has 0 fully saturated rings. The van der Waals surface area contributed by atoms with E-state index >= 15 is 0 Å². The van der Waals surface area contributed by atoms with E-state index in [1.165, 1.54) is 0 Å². The third kappa shape index (κ3) is 4.35.